The quantitative estimate of drug-likeness (QED) is 0.814. The molecular weight excluding hydrogens is 336 g/mol. The molecule has 1 aromatic rings. The largest absolute Gasteiger partial charge is 0.312 e. The molecule has 4 heteroatoms. The number of nitrogens with one attached hydrogen (secondary N) is 1. The zero-order valence-corrected chi connectivity index (χ0v) is 14.5. The summed E-state index contributed by atoms with van der Waals surface area (Å²) in [7, 11) is 0. The van der Waals surface area contributed by atoms with E-state index in [1.54, 1.807) is 0 Å². The Morgan fingerprint density at radius 1 is 1.30 bits per heavy atom. The molecule has 112 valence electrons. The van der Waals surface area contributed by atoms with Crippen LogP contribution in [-0.4, -0.2) is 31.1 Å². The van der Waals surface area contributed by atoms with E-state index in [0.717, 1.165) is 22.6 Å². The highest BCUT2D eigenvalue weighted by molar-refractivity contribution is 9.10. The third kappa shape index (κ3) is 5.36. The van der Waals surface area contributed by atoms with Crippen LogP contribution in [0.3, 0.4) is 0 Å². The average Bonchev–Trinajstić information content (AvgIpc) is 2.42. The Balaban J connectivity index is 1.69. The normalized spacial score (nSPS) is 18.1. The Bertz CT molecular complexity index is 419. The first-order valence-corrected chi connectivity index (χ1v) is 8.69. The Morgan fingerprint density at radius 2 is 2.05 bits per heavy atom. The first-order chi connectivity index (χ1) is 9.65. The average molecular weight is 360 g/mol. The monoisotopic (exact) mass is 358 g/mol. The summed E-state index contributed by atoms with van der Waals surface area (Å²) in [6.45, 7) is 8.07. The minimum Gasteiger partial charge on any atom is -0.312 e. The number of hydrogen-bond acceptors (Lipinski definition) is 2. The lowest BCUT2D eigenvalue weighted by Gasteiger charge is -2.29. The van der Waals surface area contributed by atoms with Gasteiger partial charge in [0.05, 0.1) is 0 Å². The smallest absolute Gasteiger partial charge is 0.0417 e. The summed E-state index contributed by atoms with van der Waals surface area (Å²) in [6, 6.07) is 5.98. The Kier molecular flexibility index (Phi) is 6.82. The van der Waals surface area contributed by atoms with Crippen LogP contribution in [0.4, 0.5) is 0 Å². The highest BCUT2D eigenvalue weighted by Gasteiger charge is 2.13. The Labute approximate surface area is 136 Å². The van der Waals surface area contributed by atoms with Crippen molar-refractivity contribution in [1.82, 2.24) is 10.2 Å². The molecule has 1 aliphatic heterocycles. The molecule has 0 amide bonds. The van der Waals surface area contributed by atoms with Crippen LogP contribution < -0.4 is 5.32 Å². The van der Waals surface area contributed by atoms with Gasteiger partial charge in [-0.2, -0.15) is 0 Å². The summed E-state index contributed by atoms with van der Waals surface area (Å²) in [5.41, 5.74) is 1.26. The maximum atomic E-state index is 5.95. The first-order valence-electron chi connectivity index (χ1n) is 7.52. The molecule has 0 saturated carbocycles. The third-order valence-corrected chi connectivity index (χ3v) is 4.82. The number of nitrogens with zero attached hydrogens (tertiary/aromatic N) is 1. The van der Waals surface area contributed by atoms with Crippen molar-refractivity contribution in [3.8, 4) is 0 Å². The highest BCUT2D eigenvalue weighted by Crippen LogP contribution is 2.21. The van der Waals surface area contributed by atoms with Crippen LogP contribution in [0.15, 0.2) is 22.7 Å². The second-order valence-corrected chi connectivity index (χ2v) is 7.12. The fourth-order valence-corrected chi connectivity index (χ4v) is 3.59. The van der Waals surface area contributed by atoms with Gasteiger partial charge in [-0.3, -0.25) is 0 Å². The number of rotatable bonds is 6. The number of piperidine rings is 1. The second-order valence-electron chi connectivity index (χ2n) is 5.83. The van der Waals surface area contributed by atoms with Crippen LogP contribution in [0.5, 0.6) is 0 Å². The molecule has 20 heavy (non-hydrogen) atoms. The topological polar surface area (TPSA) is 15.3 Å². The molecule has 1 fully saturated rings. The van der Waals surface area contributed by atoms with Crippen molar-refractivity contribution >= 4 is 27.5 Å². The molecule has 1 aromatic carbocycles. The minimum atomic E-state index is 0.694. The van der Waals surface area contributed by atoms with Gasteiger partial charge in [-0.1, -0.05) is 46.9 Å². The summed E-state index contributed by atoms with van der Waals surface area (Å²) in [4.78, 5) is 2.61. The summed E-state index contributed by atoms with van der Waals surface area (Å²) >= 11 is 9.52. The van der Waals surface area contributed by atoms with Crippen molar-refractivity contribution in [1.29, 1.82) is 0 Å². The van der Waals surface area contributed by atoms with E-state index in [1.807, 2.05) is 12.1 Å². The maximum Gasteiger partial charge on any atom is 0.0417 e. The van der Waals surface area contributed by atoms with Gasteiger partial charge < -0.3 is 10.2 Å². The summed E-state index contributed by atoms with van der Waals surface area (Å²) in [5.74, 6) is 0.694. The zero-order valence-electron chi connectivity index (χ0n) is 12.2. The van der Waals surface area contributed by atoms with E-state index in [2.05, 4.69) is 39.1 Å². The molecule has 1 unspecified atom stereocenters. The van der Waals surface area contributed by atoms with Crippen molar-refractivity contribution in [2.75, 3.05) is 26.2 Å². The number of hydrogen-bond donors (Lipinski definition) is 1. The molecule has 1 atom stereocenters. The maximum absolute atomic E-state index is 5.95. The van der Waals surface area contributed by atoms with Gasteiger partial charge in [-0.05, 0) is 56.1 Å². The summed E-state index contributed by atoms with van der Waals surface area (Å²) in [6.07, 6.45) is 4.16. The summed E-state index contributed by atoms with van der Waals surface area (Å²) in [5, 5.41) is 4.33. The van der Waals surface area contributed by atoms with Crippen molar-refractivity contribution in [3.63, 3.8) is 0 Å². The van der Waals surface area contributed by atoms with Crippen LogP contribution in [0.1, 0.15) is 31.7 Å². The van der Waals surface area contributed by atoms with Crippen molar-refractivity contribution < 1.29 is 0 Å². The van der Waals surface area contributed by atoms with Gasteiger partial charge >= 0.3 is 0 Å². The highest BCUT2D eigenvalue weighted by atomic mass is 79.9. The van der Waals surface area contributed by atoms with Crippen LogP contribution in [0.25, 0.3) is 0 Å². The van der Waals surface area contributed by atoms with Crippen molar-refractivity contribution in [2.24, 2.45) is 5.92 Å². The lowest BCUT2D eigenvalue weighted by molar-refractivity contribution is 0.199. The molecule has 0 spiro atoms. The van der Waals surface area contributed by atoms with Gasteiger partial charge in [0.1, 0.15) is 0 Å². The lowest BCUT2D eigenvalue weighted by Crippen LogP contribution is -2.36. The number of benzene rings is 1. The van der Waals surface area contributed by atoms with E-state index in [9.17, 15) is 0 Å². The Morgan fingerprint density at radius 3 is 2.75 bits per heavy atom. The predicted molar refractivity (Wildman–Crippen MR) is 90.3 cm³/mol. The van der Waals surface area contributed by atoms with E-state index in [-0.39, 0.29) is 0 Å². The van der Waals surface area contributed by atoms with Gasteiger partial charge in [-0.15, -0.1) is 0 Å². The van der Waals surface area contributed by atoms with E-state index < -0.39 is 0 Å². The molecule has 0 radical (unpaired) electrons. The van der Waals surface area contributed by atoms with E-state index >= 15 is 0 Å². The third-order valence-electron chi connectivity index (χ3n) is 3.84. The molecular formula is C16H24BrClN2. The van der Waals surface area contributed by atoms with Crippen LogP contribution >= 0.6 is 27.5 Å². The number of halogens is 2. The van der Waals surface area contributed by atoms with Gasteiger partial charge in [0.2, 0.25) is 0 Å². The SMILES string of the molecule is CC(CNCc1ccc(Cl)cc1Br)CN1CCCCC1. The van der Waals surface area contributed by atoms with Crippen LogP contribution in [0.2, 0.25) is 5.02 Å². The molecule has 0 bridgehead atoms. The zero-order chi connectivity index (χ0) is 14.4. The van der Waals surface area contributed by atoms with Gasteiger partial charge in [0.25, 0.3) is 0 Å². The van der Waals surface area contributed by atoms with E-state index in [0.29, 0.717) is 5.92 Å². The van der Waals surface area contributed by atoms with Gasteiger partial charge in [-0.25, -0.2) is 0 Å². The van der Waals surface area contributed by atoms with E-state index in [1.165, 1.54) is 44.5 Å². The fraction of sp³-hybridized carbons (Fsp3) is 0.625. The standard InChI is InChI=1S/C16H24BrClN2/c1-13(12-20-7-3-2-4-8-20)10-19-11-14-5-6-15(18)9-16(14)17/h5-6,9,13,19H,2-4,7-8,10-12H2,1H3. The molecule has 1 heterocycles. The molecule has 0 aliphatic carbocycles. The molecule has 2 nitrogen and oxygen atoms in total. The van der Waals surface area contributed by atoms with Crippen molar-refractivity contribution in [2.45, 2.75) is 32.7 Å². The molecule has 1 aliphatic rings. The molecule has 1 saturated heterocycles. The summed E-state index contributed by atoms with van der Waals surface area (Å²) < 4.78 is 1.08. The van der Waals surface area contributed by atoms with Crippen LogP contribution in [-0.2, 0) is 6.54 Å². The minimum absolute atomic E-state index is 0.694. The predicted octanol–water partition coefficient (Wildman–Crippen LogP) is 4.31. The molecule has 1 N–H and O–H groups in total. The van der Waals surface area contributed by atoms with Gasteiger partial charge in [0, 0.05) is 22.6 Å². The molecule has 2 rings (SSSR count). The van der Waals surface area contributed by atoms with E-state index in [4.69, 9.17) is 11.6 Å². The lowest BCUT2D eigenvalue weighted by atomic mass is 10.1. The van der Waals surface area contributed by atoms with Crippen molar-refractivity contribution in [3.05, 3.63) is 33.3 Å². The Hall–Kier alpha value is -0.0900. The molecule has 0 aromatic heterocycles. The number of likely N-dealkylation sites (tertiary alicyclic amines) is 1. The van der Waals surface area contributed by atoms with Gasteiger partial charge in [0.15, 0.2) is 0 Å². The fourth-order valence-electron chi connectivity index (χ4n) is 2.77. The van der Waals surface area contributed by atoms with Crippen LogP contribution in [0, 0.1) is 5.92 Å². The second kappa shape index (κ2) is 8.38. The first kappa shape index (κ1) is 16.3.